The van der Waals surface area contributed by atoms with Crippen molar-refractivity contribution in [2.45, 2.75) is 12.1 Å². The van der Waals surface area contributed by atoms with E-state index in [4.69, 9.17) is 5.26 Å². The van der Waals surface area contributed by atoms with Gasteiger partial charge in [0.25, 0.3) is 0 Å². The van der Waals surface area contributed by atoms with E-state index < -0.39 is 23.2 Å². The minimum Gasteiger partial charge on any atom is -0.191 e. The lowest BCUT2D eigenvalue weighted by atomic mass is 10.1. The summed E-state index contributed by atoms with van der Waals surface area (Å²) in [6.07, 6.45) is -4.69. The minimum atomic E-state index is -4.69. The highest BCUT2D eigenvalue weighted by Gasteiger charge is 2.35. The molecule has 0 aliphatic heterocycles. The summed E-state index contributed by atoms with van der Waals surface area (Å²) in [6.45, 7) is 0. The van der Waals surface area contributed by atoms with Crippen molar-refractivity contribution in [1.29, 1.82) is 5.26 Å². The first-order chi connectivity index (χ1) is 6.77. The number of nitrogens with zero attached hydrogens (tertiary/aromatic N) is 1. The first-order valence-corrected chi connectivity index (χ1v) is 3.74. The monoisotopic (exact) mass is 221 g/mol. The van der Waals surface area contributed by atoms with Crippen molar-refractivity contribution in [1.82, 2.24) is 0 Å². The van der Waals surface area contributed by atoms with Crippen LogP contribution in [-0.2, 0) is 12.1 Å². The summed E-state index contributed by atoms with van der Waals surface area (Å²) < 4.78 is 61.8. The molecule has 0 aliphatic carbocycles. The van der Waals surface area contributed by atoms with Crippen molar-refractivity contribution in [2.75, 3.05) is 0 Å². The van der Waals surface area contributed by atoms with Gasteiger partial charge in [-0.2, -0.15) is 27.2 Å². The van der Waals surface area contributed by atoms with Gasteiger partial charge in [0.05, 0.1) is 5.56 Å². The summed E-state index contributed by atoms with van der Waals surface area (Å²) in [5.41, 5.74) is -2.16. The molecule has 0 aliphatic rings. The van der Waals surface area contributed by atoms with Crippen molar-refractivity contribution in [3.8, 4) is 6.07 Å². The molecule has 1 aromatic rings. The molecular formula is C9H4F5N. The van der Waals surface area contributed by atoms with Crippen LogP contribution in [0, 0.1) is 11.3 Å². The lowest BCUT2D eigenvalue weighted by molar-refractivity contribution is -0.137. The molecule has 0 saturated carbocycles. The van der Waals surface area contributed by atoms with Gasteiger partial charge >= 0.3 is 12.1 Å². The Morgan fingerprint density at radius 2 is 1.53 bits per heavy atom. The van der Waals surface area contributed by atoms with Gasteiger partial charge in [0.2, 0.25) is 0 Å². The van der Waals surface area contributed by atoms with Crippen LogP contribution in [0.3, 0.4) is 0 Å². The van der Waals surface area contributed by atoms with Gasteiger partial charge in [-0.25, -0.2) is 0 Å². The fourth-order valence-electron chi connectivity index (χ4n) is 0.955. The predicted octanol–water partition coefficient (Wildman–Crippen LogP) is 3.32. The molecule has 0 aromatic heterocycles. The number of hydrogen-bond acceptors (Lipinski definition) is 1. The SMILES string of the molecule is N#CC(F)(F)c1cccc(C(F)(F)F)c1. The van der Waals surface area contributed by atoms with Crippen LogP contribution >= 0.6 is 0 Å². The van der Waals surface area contributed by atoms with E-state index >= 15 is 0 Å². The van der Waals surface area contributed by atoms with Gasteiger partial charge in [-0.15, -0.1) is 0 Å². The normalized spacial score (nSPS) is 12.3. The zero-order valence-electron chi connectivity index (χ0n) is 7.15. The topological polar surface area (TPSA) is 23.8 Å². The lowest BCUT2D eigenvalue weighted by Crippen LogP contribution is -2.12. The molecule has 1 rings (SSSR count). The number of benzene rings is 1. The van der Waals surface area contributed by atoms with Crippen LogP contribution in [0.4, 0.5) is 22.0 Å². The van der Waals surface area contributed by atoms with Gasteiger partial charge in [0, 0.05) is 5.56 Å². The second kappa shape index (κ2) is 3.50. The van der Waals surface area contributed by atoms with Crippen molar-refractivity contribution < 1.29 is 22.0 Å². The molecule has 0 radical (unpaired) electrons. The first-order valence-electron chi connectivity index (χ1n) is 3.74. The Morgan fingerprint density at radius 3 is 2.00 bits per heavy atom. The number of halogens is 5. The molecule has 0 N–H and O–H groups in total. The molecule has 1 aromatic carbocycles. The Balaban J connectivity index is 3.22. The van der Waals surface area contributed by atoms with Gasteiger partial charge in [0.15, 0.2) is 0 Å². The van der Waals surface area contributed by atoms with Gasteiger partial charge in [-0.1, -0.05) is 12.1 Å². The number of hydrogen-bond donors (Lipinski definition) is 0. The maximum atomic E-state index is 12.7. The fourth-order valence-corrected chi connectivity index (χ4v) is 0.955. The minimum absolute atomic E-state index is 0.267. The maximum Gasteiger partial charge on any atom is 0.416 e. The van der Waals surface area contributed by atoms with E-state index in [2.05, 4.69) is 0 Å². The third-order valence-electron chi connectivity index (χ3n) is 1.69. The average Bonchev–Trinajstić information content (AvgIpc) is 2.17. The molecule has 0 spiro atoms. The Hall–Kier alpha value is -1.64. The summed E-state index contributed by atoms with van der Waals surface area (Å²) in [7, 11) is 0. The number of rotatable bonds is 1. The fraction of sp³-hybridized carbons (Fsp3) is 0.222. The molecule has 6 heteroatoms. The van der Waals surface area contributed by atoms with Gasteiger partial charge in [-0.3, -0.25) is 0 Å². The third kappa shape index (κ3) is 2.43. The molecule has 80 valence electrons. The second-order valence-corrected chi connectivity index (χ2v) is 2.76. The molecule has 0 atom stereocenters. The molecule has 0 bridgehead atoms. The largest absolute Gasteiger partial charge is 0.416 e. The van der Waals surface area contributed by atoms with Crippen LogP contribution in [0.1, 0.15) is 11.1 Å². The van der Waals surface area contributed by atoms with Crippen molar-refractivity contribution in [2.24, 2.45) is 0 Å². The van der Waals surface area contributed by atoms with Crippen molar-refractivity contribution in [3.05, 3.63) is 35.4 Å². The van der Waals surface area contributed by atoms with E-state index in [0.717, 1.165) is 12.1 Å². The summed E-state index contributed by atoms with van der Waals surface area (Å²) in [4.78, 5) is 0. The second-order valence-electron chi connectivity index (χ2n) is 2.76. The Morgan fingerprint density at radius 1 is 1.00 bits per heavy atom. The van der Waals surface area contributed by atoms with Gasteiger partial charge < -0.3 is 0 Å². The Bertz CT molecular complexity index is 402. The summed E-state index contributed by atoms with van der Waals surface area (Å²) in [5, 5.41) is 8.06. The van der Waals surface area contributed by atoms with Crippen LogP contribution < -0.4 is 0 Å². The molecule has 0 saturated heterocycles. The standard InChI is InChI=1S/C9H4F5N/c10-8(11,5-15)6-2-1-3-7(4-6)9(12,13)14/h1-4H. The summed E-state index contributed by atoms with van der Waals surface area (Å²) >= 11 is 0. The highest BCUT2D eigenvalue weighted by molar-refractivity contribution is 5.31. The van der Waals surface area contributed by atoms with Crippen molar-refractivity contribution >= 4 is 0 Å². The molecule has 15 heavy (non-hydrogen) atoms. The molecule has 0 amide bonds. The molecule has 0 fully saturated rings. The van der Waals surface area contributed by atoms with Crippen LogP contribution in [0.25, 0.3) is 0 Å². The molecule has 0 heterocycles. The smallest absolute Gasteiger partial charge is 0.191 e. The van der Waals surface area contributed by atoms with Gasteiger partial charge in [-0.05, 0) is 12.1 Å². The van der Waals surface area contributed by atoms with Crippen LogP contribution in [0.15, 0.2) is 24.3 Å². The molecule has 0 unspecified atom stereocenters. The Kier molecular flexibility index (Phi) is 2.67. The van der Waals surface area contributed by atoms with Crippen LogP contribution in [0.5, 0.6) is 0 Å². The summed E-state index contributed by atoms with van der Waals surface area (Å²) in [5.74, 6) is -3.90. The highest BCUT2D eigenvalue weighted by atomic mass is 19.4. The lowest BCUT2D eigenvalue weighted by Gasteiger charge is -2.11. The van der Waals surface area contributed by atoms with Gasteiger partial charge in [0.1, 0.15) is 6.07 Å². The van der Waals surface area contributed by atoms with E-state index in [9.17, 15) is 22.0 Å². The maximum absolute atomic E-state index is 12.7. The zero-order valence-corrected chi connectivity index (χ0v) is 7.15. The van der Waals surface area contributed by atoms with Crippen LogP contribution in [-0.4, -0.2) is 0 Å². The average molecular weight is 221 g/mol. The van der Waals surface area contributed by atoms with E-state index in [1.54, 1.807) is 0 Å². The van der Waals surface area contributed by atoms with Crippen LogP contribution in [0.2, 0.25) is 0 Å². The highest BCUT2D eigenvalue weighted by Crippen LogP contribution is 2.33. The zero-order chi connectivity index (χ0) is 11.7. The third-order valence-corrected chi connectivity index (χ3v) is 1.69. The Labute approximate surface area is 81.7 Å². The van der Waals surface area contributed by atoms with E-state index in [1.165, 1.54) is 0 Å². The van der Waals surface area contributed by atoms with E-state index in [-0.39, 0.29) is 6.07 Å². The van der Waals surface area contributed by atoms with E-state index in [0.29, 0.717) is 12.1 Å². The van der Waals surface area contributed by atoms with Crippen molar-refractivity contribution in [3.63, 3.8) is 0 Å². The number of alkyl halides is 5. The number of nitriles is 1. The molecule has 1 nitrogen and oxygen atoms in total. The van der Waals surface area contributed by atoms with E-state index in [1.807, 2.05) is 0 Å². The molecular weight excluding hydrogens is 217 g/mol. The quantitative estimate of drug-likeness (QED) is 0.667. The first kappa shape index (κ1) is 11.4. The summed E-state index contributed by atoms with van der Waals surface area (Å²) in [6, 6.07) is 3.18. The predicted molar refractivity (Wildman–Crippen MR) is 41.0 cm³/mol.